The predicted molar refractivity (Wildman–Crippen MR) is 114 cm³/mol. The Balaban J connectivity index is 1.09. The third-order valence-electron chi connectivity index (χ3n) is 6.93. The molecule has 0 aliphatic carbocycles. The van der Waals surface area contributed by atoms with Crippen LogP contribution in [0.1, 0.15) is 45.5 Å². The highest BCUT2D eigenvalue weighted by molar-refractivity contribution is 6.23. The molecule has 1 aromatic carbocycles. The van der Waals surface area contributed by atoms with E-state index in [0.717, 1.165) is 49.5 Å². The first-order valence-corrected chi connectivity index (χ1v) is 11.3. The van der Waals surface area contributed by atoms with E-state index in [0.29, 0.717) is 23.1 Å². The van der Waals surface area contributed by atoms with Gasteiger partial charge in [-0.15, -0.1) is 0 Å². The van der Waals surface area contributed by atoms with Gasteiger partial charge in [-0.1, -0.05) is 6.07 Å². The molecule has 4 amide bonds. The number of rotatable bonds is 8. The molecule has 4 heterocycles. The Morgan fingerprint density at radius 1 is 1.03 bits per heavy atom. The van der Waals surface area contributed by atoms with Crippen molar-refractivity contribution < 1.29 is 23.9 Å². The van der Waals surface area contributed by atoms with E-state index in [2.05, 4.69) is 15.5 Å². The first-order chi connectivity index (χ1) is 15.5. The lowest BCUT2D eigenvalue weighted by atomic mass is 9.74. The van der Waals surface area contributed by atoms with Crippen molar-refractivity contribution in [1.29, 1.82) is 0 Å². The van der Waals surface area contributed by atoms with Gasteiger partial charge in [0.05, 0.1) is 17.7 Å². The number of benzene rings is 1. The van der Waals surface area contributed by atoms with Crippen LogP contribution in [-0.4, -0.2) is 85.4 Å². The van der Waals surface area contributed by atoms with Gasteiger partial charge >= 0.3 is 0 Å². The maximum atomic E-state index is 12.9. The number of carbonyl (C=O) groups excluding carboxylic acids is 4. The monoisotopic (exact) mass is 440 g/mol. The predicted octanol–water partition coefficient (Wildman–Crippen LogP) is -0.0578. The van der Waals surface area contributed by atoms with E-state index < -0.39 is 23.8 Å². The highest BCUT2D eigenvalue weighted by Gasteiger charge is 2.47. The molecule has 1 unspecified atom stereocenters. The van der Waals surface area contributed by atoms with E-state index in [1.165, 1.54) is 13.1 Å². The highest BCUT2D eigenvalue weighted by atomic mass is 16.5. The summed E-state index contributed by atoms with van der Waals surface area (Å²) >= 11 is 0. The van der Waals surface area contributed by atoms with Crippen molar-refractivity contribution in [3.63, 3.8) is 0 Å². The summed E-state index contributed by atoms with van der Waals surface area (Å²) in [5.74, 6) is -1.91. The van der Waals surface area contributed by atoms with Crippen LogP contribution in [0, 0.1) is 5.41 Å². The summed E-state index contributed by atoms with van der Waals surface area (Å²) in [7, 11) is 0. The van der Waals surface area contributed by atoms with Crippen LogP contribution in [0.2, 0.25) is 0 Å². The number of carbonyl (C=O) groups is 4. The van der Waals surface area contributed by atoms with Gasteiger partial charge in [-0.3, -0.25) is 34.3 Å². The number of fused-ring (bicyclic) bond motifs is 1. The van der Waals surface area contributed by atoms with Crippen LogP contribution >= 0.6 is 0 Å². The lowest BCUT2D eigenvalue weighted by Gasteiger charge is -2.56. The number of nitrogens with one attached hydrogen (secondary N) is 2. The Morgan fingerprint density at radius 3 is 2.53 bits per heavy atom. The Hall–Kier alpha value is -2.62. The summed E-state index contributed by atoms with van der Waals surface area (Å²) < 4.78 is 5.77. The number of imide groups is 2. The zero-order valence-corrected chi connectivity index (χ0v) is 18.0. The molecular formula is C23H28N4O5. The fourth-order valence-electron chi connectivity index (χ4n) is 5.11. The minimum absolute atomic E-state index is 0.116. The average Bonchev–Trinajstić information content (AvgIpc) is 2.95. The zero-order valence-electron chi connectivity index (χ0n) is 18.0. The molecule has 2 N–H and O–H groups in total. The molecular weight excluding hydrogens is 412 g/mol. The molecule has 9 heteroatoms. The summed E-state index contributed by atoms with van der Waals surface area (Å²) in [6, 6.07) is 4.32. The highest BCUT2D eigenvalue weighted by Crippen LogP contribution is 2.33. The quantitative estimate of drug-likeness (QED) is 0.431. The molecule has 9 nitrogen and oxygen atoms in total. The van der Waals surface area contributed by atoms with Crippen LogP contribution in [0.15, 0.2) is 18.2 Å². The van der Waals surface area contributed by atoms with Crippen molar-refractivity contribution in [1.82, 2.24) is 20.4 Å². The Kier molecular flexibility index (Phi) is 5.56. The Morgan fingerprint density at radius 2 is 1.81 bits per heavy atom. The molecule has 32 heavy (non-hydrogen) atoms. The number of hydrogen-bond donors (Lipinski definition) is 2. The fraction of sp³-hybridized carbons (Fsp3) is 0.565. The van der Waals surface area contributed by atoms with Gasteiger partial charge in [-0.25, -0.2) is 0 Å². The zero-order chi connectivity index (χ0) is 22.3. The topological polar surface area (TPSA) is 108 Å². The average molecular weight is 441 g/mol. The molecule has 1 aromatic rings. The van der Waals surface area contributed by atoms with Crippen molar-refractivity contribution in [3.05, 3.63) is 34.9 Å². The van der Waals surface area contributed by atoms with E-state index in [-0.39, 0.29) is 18.7 Å². The first-order valence-electron chi connectivity index (χ1n) is 11.3. The van der Waals surface area contributed by atoms with Crippen LogP contribution in [0.3, 0.4) is 0 Å². The maximum Gasteiger partial charge on any atom is 0.262 e. The van der Waals surface area contributed by atoms with Crippen molar-refractivity contribution in [2.24, 2.45) is 5.41 Å². The summed E-state index contributed by atoms with van der Waals surface area (Å²) in [5.41, 5.74) is 2.14. The number of ether oxygens (including phenoxy) is 1. The van der Waals surface area contributed by atoms with Gasteiger partial charge in [0.25, 0.3) is 11.8 Å². The van der Waals surface area contributed by atoms with E-state index in [9.17, 15) is 19.2 Å². The van der Waals surface area contributed by atoms with E-state index in [1.807, 2.05) is 6.07 Å². The molecule has 0 aromatic heterocycles. The third kappa shape index (κ3) is 3.85. The molecule has 3 saturated heterocycles. The molecule has 5 rings (SSSR count). The van der Waals surface area contributed by atoms with Gasteiger partial charge < -0.3 is 10.1 Å². The largest absolute Gasteiger partial charge is 0.380 e. The standard InChI is InChI=1S/C23H28N4O5/c28-19-6-5-18(20(29)25-19)27-21(30)16-4-3-15(10-17(16)22(27)31)2-1-8-32-9-7-26-13-23(14-26)11-24-12-23/h3-4,10,18,24H,1-2,5-9,11-14H2,(H,25,28,29). The molecule has 170 valence electrons. The Labute approximate surface area is 186 Å². The summed E-state index contributed by atoms with van der Waals surface area (Å²) in [5, 5.41) is 5.55. The van der Waals surface area contributed by atoms with Gasteiger partial charge in [-0.05, 0) is 37.0 Å². The van der Waals surface area contributed by atoms with Gasteiger partial charge in [-0.2, -0.15) is 0 Å². The van der Waals surface area contributed by atoms with Gasteiger partial charge in [0.1, 0.15) is 6.04 Å². The number of amides is 4. The number of nitrogens with zero attached hydrogens (tertiary/aromatic N) is 2. The maximum absolute atomic E-state index is 12.9. The number of likely N-dealkylation sites (tertiary alicyclic amines) is 1. The van der Waals surface area contributed by atoms with Crippen LogP contribution in [-0.2, 0) is 20.7 Å². The smallest absolute Gasteiger partial charge is 0.262 e. The first kappa shape index (κ1) is 21.2. The molecule has 3 fully saturated rings. The van der Waals surface area contributed by atoms with Crippen molar-refractivity contribution >= 4 is 23.6 Å². The number of piperidine rings is 1. The molecule has 1 atom stereocenters. The molecule has 4 aliphatic rings. The molecule has 0 saturated carbocycles. The summed E-state index contributed by atoms with van der Waals surface area (Å²) in [6.45, 7) is 6.96. The summed E-state index contributed by atoms with van der Waals surface area (Å²) in [4.78, 5) is 52.6. The SMILES string of the molecule is O=C1CCC(N2C(=O)c3ccc(CCCOCCN4CC5(CNC5)C4)cc3C2=O)C(=O)N1. The van der Waals surface area contributed by atoms with E-state index in [4.69, 9.17) is 4.74 Å². The number of aryl methyl sites for hydroxylation is 1. The molecule has 4 aliphatic heterocycles. The molecule has 0 bridgehead atoms. The normalized spacial score (nSPS) is 24.4. The van der Waals surface area contributed by atoms with Crippen LogP contribution < -0.4 is 10.6 Å². The fourth-order valence-corrected chi connectivity index (χ4v) is 5.11. The van der Waals surface area contributed by atoms with Crippen molar-refractivity contribution in [3.8, 4) is 0 Å². The second kappa shape index (κ2) is 8.38. The van der Waals surface area contributed by atoms with Crippen LogP contribution in [0.5, 0.6) is 0 Å². The summed E-state index contributed by atoms with van der Waals surface area (Å²) in [6.07, 6.45) is 1.85. The van der Waals surface area contributed by atoms with Crippen molar-refractivity contribution in [2.75, 3.05) is 45.9 Å². The minimum atomic E-state index is -0.932. The molecule has 0 radical (unpaired) electrons. The van der Waals surface area contributed by atoms with E-state index >= 15 is 0 Å². The minimum Gasteiger partial charge on any atom is -0.380 e. The van der Waals surface area contributed by atoms with Crippen molar-refractivity contribution in [2.45, 2.75) is 31.7 Å². The molecule has 1 spiro atoms. The van der Waals surface area contributed by atoms with Crippen LogP contribution in [0.4, 0.5) is 0 Å². The second-order valence-corrected chi connectivity index (χ2v) is 9.36. The van der Waals surface area contributed by atoms with Gasteiger partial charge in [0.15, 0.2) is 0 Å². The Bertz CT molecular complexity index is 965. The second-order valence-electron chi connectivity index (χ2n) is 9.36. The van der Waals surface area contributed by atoms with Crippen LogP contribution in [0.25, 0.3) is 0 Å². The van der Waals surface area contributed by atoms with Gasteiger partial charge in [0.2, 0.25) is 11.8 Å². The van der Waals surface area contributed by atoms with E-state index in [1.54, 1.807) is 12.1 Å². The number of hydrogen-bond acceptors (Lipinski definition) is 7. The lowest BCUT2D eigenvalue weighted by molar-refractivity contribution is -0.136. The lowest BCUT2D eigenvalue weighted by Crippen LogP contribution is -2.71. The third-order valence-corrected chi connectivity index (χ3v) is 6.93. The van der Waals surface area contributed by atoms with Gasteiger partial charge in [0, 0.05) is 51.2 Å².